The van der Waals surface area contributed by atoms with Crippen LogP contribution >= 0.6 is 35.0 Å². The molecule has 0 aliphatic heterocycles. The largest absolute Gasteiger partial charge is 0.483 e. The normalized spacial score (nSPS) is 11.7. The first-order valence-electron chi connectivity index (χ1n) is 9.22. The molecule has 0 aliphatic rings. The van der Waals surface area contributed by atoms with Gasteiger partial charge in [-0.1, -0.05) is 47.1 Å². The summed E-state index contributed by atoms with van der Waals surface area (Å²) < 4.78 is 20.8. The Bertz CT molecular complexity index is 1080. The van der Waals surface area contributed by atoms with E-state index in [1.807, 2.05) is 11.5 Å². The fourth-order valence-electron chi connectivity index (χ4n) is 2.69. The number of anilines is 1. The topological polar surface area (TPSA) is 69.0 Å². The molecule has 0 saturated heterocycles. The third-order valence-corrected chi connectivity index (χ3v) is 5.89. The van der Waals surface area contributed by atoms with Gasteiger partial charge in [-0.25, -0.2) is 4.39 Å². The van der Waals surface area contributed by atoms with E-state index in [0.717, 1.165) is 0 Å². The minimum atomic E-state index is -0.452. The monoisotopic (exact) mass is 480 g/mol. The Morgan fingerprint density at radius 3 is 2.74 bits per heavy atom. The SMILES string of the molecule is C=CCn1c(SCC(=O)Nc2cccc(Cl)c2Cl)nnc1C(C)Oc1ccc(F)cc1. The first-order valence-corrected chi connectivity index (χ1v) is 11.0. The van der Waals surface area contributed by atoms with Crippen molar-refractivity contribution >= 4 is 46.6 Å². The Kier molecular flexibility index (Phi) is 7.95. The van der Waals surface area contributed by atoms with Crippen LogP contribution in [0.25, 0.3) is 0 Å². The number of hydrogen-bond acceptors (Lipinski definition) is 5. The second kappa shape index (κ2) is 10.7. The highest BCUT2D eigenvalue weighted by Crippen LogP contribution is 2.30. The first kappa shape index (κ1) is 23.1. The van der Waals surface area contributed by atoms with Crippen LogP contribution in [0.1, 0.15) is 18.9 Å². The standard InChI is InChI=1S/C21H19Cl2FN4O2S/c1-3-11-28-20(13(2)30-15-9-7-14(24)8-10-15)26-27-21(28)31-12-18(29)25-17-6-4-5-16(22)19(17)23/h3-10,13H,1,11-12H2,2H3,(H,25,29). The van der Waals surface area contributed by atoms with Crippen molar-refractivity contribution in [3.8, 4) is 5.75 Å². The lowest BCUT2D eigenvalue weighted by Gasteiger charge is -2.15. The molecular formula is C21H19Cl2FN4O2S. The van der Waals surface area contributed by atoms with E-state index in [1.165, 1.54) is 23.9 Å². The van der Waals surface area contributed by atoms with Crippen LogP contribution in [0.15, 0.2) is 60.3 Å². The smallest absolute Gasteiger partial charge is 0.234 e. The van der Waals surface area contributed by atoms with E-state index >= 15 is 0 Å². The highest BCUT2D eigenvalue weighted by molar-refractivity contribution is 7.99. The Morgan fingerprint density at radius 2 is 2.03 bits per heavy atom. The van der Waals surface area contributed by atoms with Crippen molar-refractivity contribution in [1.29, 1.82) is 0 Å². The zero-order valence-electron chi connectivity index (χ0n) is 16.5. The zero-order valence-corrected chi connectivity index (χ0v) is 18.8. The van der Waals surface area contributed by atoms with Gasteiger partial charge < -0.3 is 10.1 Å². The number of thioether (sulfide) groups is 1. The van der Waals surface area contributed by atoms with Crippen LogP contribution in [-0.4, -0.2) is 26.4 Å². The van der Waals surface area contributed by atoms with E-state index in [2.05, 4.69) is 22.1 Å². The maximum absolute atomic E-state index is 13.1. The van der Waals surface area contributed by atoms with Crippen molar-refractivity contribution in [2.75, 3.05) is 11.1 Å². The molecule has 0 bridgehead atoms. The molecule has 1 heterocycles. The summed E-state index contributed by atoms with van der Waals surface area (Å²) in [7, 11) is 0. The van der Waals surface area contributed by atoms with Gasteiger partial charge in [0.2, 0.25) is 5.91 Å². The van der Waals surface area contributed by atoms with E-state index in [-0.39, 0.29) is 22.5 Å². The summed E-state index contributed by atoms with van der Waals surface area (Å²) in [5.74, 6) is 0.551. The Hall–Kier alpha value is -2.55. The first-order chi connectivity index (χ1) is 14.9. The third kappa shape index (κ3) is 6.00. The molecule has 162 valence electrons. The number of nitrogens with zero attached hydrogens (tertiary/aromatic N) is 3. The number of benzene rings is 2. The van der Waals surface area contributed by atoms with Gasteiger partial charge in [-0.15, -0.1) is 16.8 Å². The van der Waals surface area contributed by atoms with E-state index in [1.54, 1.807) is 36.4 Å². The summed E-state index contributed by atoms with van der Waals surface area (Å²) >= 11 is 13.3. The van der Waals surface area contributed by atoms with Crippen molar-refractivity contribution in [1.82, 2.24) is 14.8 Å². The molecule has 1 unspecified atom stereocenters. The molecular weight excluding hydrogens is 462 g/mol. The number of hydrogen-bond donors (Lipinski definition) is 1. The maximum atomic E-state index is 13.1. The van der Waals surface area contributed by atoms with Gasteiger partial charge >= 0.3 is 0 Å². The van der Waals surface area contributed by atoms with Gasteiger partial charge in [0.05, 0.1) is 21.5 Å². The van der Waals surface area contributed by atoms with Crippen molar-refractivity contribution in [3.05, 3.63) is 76.8 Å². The zero-order chi connectivity index (χ0) is 22.4. The number of allylic oxidation sites excluding steroid dienone is 1. The van der Waals surface area contributed by atoms with E-state index in [4.69, 9.17) is 27.9 Å². The molecule has 31 heavy (non-hydrogen) atoms. The van der Waals surface area contributed by atoms with E-state index in [9.17, 15) is 9.18 Å². The molecule has 1 aromatic heterocycles. The fraction of sp³-hybridized carbons (Fsp3) is 0.190. The van der Waals surface area contributed by atoms with Crippen molar-refractivity contribution in [3.63, 3.8) is 0 Å². The summed E-state index contributed by atoms with van der Waals surface area (Å²) in [5.41, 5.74) is 0.439. The van der Waals surface area contributed by atoms with E-state index < -0.39 is 6.10 Å². The average Bonchev–Trinajstić information content (AvgIpc) is 3.14. The molecule has 6 nitrogen and oxygen atoms in total. The Morgan fingerprint density at radius 1 is 1.29 bits per heavy atom. The van der Waals surface area contributed by atoms with Crippen LogP contribution in [0.4, 0.5) is 10.1 Å². The summed E-state index contributed by atoms with van der Waals surface area (Å²) in [4.78, 5) is 12.4. The van der Waals surface area contributed by atoms with Crippen LogP contribution in [0.5, 0.6) is 5.75 Å². The van der Waals surface area contributed by atoms with Crippen LogP contribution in [0, 0.1) is 5.82 Å². The Labute approximate surface area is 193 Å². The van der Waals surface area contributed by atoms with Gasteiger partial charge in [-0.2, -0.15) is 0 Å². The van der Waals surface area contributed by atoms with Gasteiger partial charge in [0.1, 0.15) is 11.6 Å². The summed E-state index contributed by atoms with van der Waals surface area (Å²) in [5, 5.41) is 12.3. The molecule has 0 aliphatic carbocycles. The van der Waals surface area contributed by atoms with Gasteiger partial charge in [-0.3, -0.25) is 9.36 Å². The molecule has 10 heteroatoms. The van der Waals surface area contributed by atoms with Gasteiger partial charge in [0, 0.05) is 6.54 Å². The van der Waals surface area contributed by atoms with Crippen molar-refractivity contribution < 1.29 is 13.9 Å². The highest BCUT2D eigenvalue weighted by Gasteiger charge is 2.20. The number of halogens is 3. The molecule has 3 aromatic rings. The highest BCUT2D eigenvalue weighted by atomic mass is 35.5. The summed E-state index contributed by atoms with van der Waals surface area (Å²) in [6, 6.07) is 10.7. The van der Waals surface area contributed by atoms with Crippen LogP contribution < -0.4 is 10.1 Å². The minimum Gasteiger partial charge on any atom is -0.483 e. The van der Waals surface area contributed by atoms with Crippen LogP contribution in [-0.2, 0) is 11.3 Å². The predicted molar refractivity (Wildman–Crippen MR) is 121 cm³/mol. The number of ether oxygens (including phenoxy) is 1. The number of nitrogens with one attached hydrogen (secondary N) is 1. The van der Waals surface area contributed by atoms with Gasteiger partial charge in [-0.05, 0) is 43.3 Å². The maximum Gasteiger partial charge on any atom is 0.234 e. The third-order valence-electron chi connectivity index (χ3n) is 4.11. The summed E-state index contributed by atoms with van der Waals surface area (Å²) in [6.45, 7) is 6.01. The lowest BCUT2D eigenvalue weighted by molar-refractivity contribution is -0.113. The molecule has 1 amide bonds. The molecule has 2 aromatic carbocycles. The lowest BCUT2D eigenvalue weighted by atomic mass is 10.3. The number of carbonyl (C=O) groups excluding carboxylic acids is 1. The van der Waals surface area contributed by atoms with Crippen LogP contribution in [0.2, 0.25) is 10.0 Å². The molecule has 0 saturated carbocycles. The molecule has 1 N–H and O–H groups in total. The molecule has 0 fully saturated rings. The lowest BCUT2D eigenvalue weighted by Crippen LogP contribution is -2.16. The number of aromatic nitrogens is 3. The fourth-order valence-corrected chi connectivity index (χ4v) is 3.80. The number of amides is 1. The molecule has 0 radical (unpaired) electrons. The quantitative estimate of drug-likeness (QED) is 0.310. The number of rotatable bonds is 9. The molecule has 3 rings (SSSR count). The van der Waals surface area contributed by atoms with Crippen molar-refractivity contribution in [2.24, 2.45) is 0 Å². The minimum absolute atomic E-state index is 0.0886. The van der Waals surface area contributed by atoms with Gasteiger partial charge in [0.15, 0.2) is 17.1 Å². The van der Waals surface area contributed by atoms with Gasteiger partial charge in [0.25, 0.3) is 0 Å². The van der Waals surface area contributed by atoms with Crippen LogP contribution in [0.3, 0.4) is 0 Å². The second-order valence-corrected chi connectivity index (χ2v) is 8.12. The Balaban J connectivity index is 1.68. The predicted octanol–water partition coefficient (Wildman–Crippen LogP) is 5.78. The number of carbonyl (C=O) groups is 1. The van der Waals surface area contributed by atoms with E-state index in [0.29, 0.717) is 34.0 Å². The molecule has 0 spiro atoms. The van der Waals surface area contributed by atoms with Crippen molar-refractivity contribution in [2.45, 2.75) is 24.7 Å². The molecule has 1 atom stereocenters. The second-order valence-electron chi connectivity index (χ2n) is 6.39. The average molecular weight is 481 g/mol. The summed E-state index contributed by atoms with van der Waals surface area (Å²) in [6.07, 6.45) is 1.25.